The number of carbonyl (C=O) groups excluding carboxylic acids is 1. The van der Waals surface area contributed by atoms with E-state index in [0.29, 0.717) is 37.6 Å². The number of hydrogen-bond donors (Lipinski definition) is 3. The SMILES string of the molecule is CCCCS(=O)(=O)Nc1ccc(NC(=O)C2COCCN2)cc1.Cl. The Morgan fingerprint density at radius 3 is 2.54 bits per heavy atom. The quantitative estimate of drug-likeness (QED) is 0.670. The van der Waals surface area contributed by atoms with E-state index >= 15 is 0 Å². The lowest BCUT2D eigenvalue weighted by molar-refractivity contribution is -0.120. The Labute approximate surface area is 149 Å². The molecule has 1 aromatic rings. The molecule has 1 amide bonds. The van der Waals surface area contributed by atoms with Gasteiger partial charge in [-0.05, 0) is 30.7 Å². The first kappa shape index (κ1) is 20.7. The van der Waals surface area contributed by atoms with Crippen molar-refractivity contribution in [2.75, 3.05) is 35.6 Å². The summed E-state index contributed by atoms with van der Waals surface area (Å²) in [4.78, 5) is 12.0. The molecular formula is C15H24ClN3O4S. The van der Waals surface area contributed by atoms with Crippen molar-refractivity contribution in [1.29, 1.82) is 0 Å². The molecule has 2 rings (SSSR count). The molecule has 1 heterocycles. The van der Waals surface area contributed by atoms with Crippen LogP contribution in [0.4, 0.5) is 11.4 Å². The Bertz CT molecular complexity index is 616. The first-order chi connectivity index (χ1) is 11.0. The molecule has 0 aliphatic carbocycles. The monoisotopic (exact) mass is 377 g/mol. The third-order valence-corrected chi connectivity index (χ3v) is 4.80. The van der Waals surface area contributed by atoms with Crippen LogP contribution in [0.2, 0.25) is 0 Å². The number of morpholine rings is 1. The molecule has 0 spiro atoms. The molecule has 7 nitrogen and oxygen atoms in total. The van der Waals surface area contributed by atoms with E-state index in [9.17, 15) is 13.2 Å². The van der Waals surface area contributed by atoms with Crippen LogP contribution < -0.4 is 15.4 Å². The Hall–Kier alpha value is -1.35. The topological polar surface area (TPSA) is 96.5 Å². The number of benzene rings is 1. The molecule has 1 aromatic carbocycles. The van der Waals surface area contributed by atoms with E-state index in [1.165, 1.54) is 0 Å². The van der Waals surface area contributed by atoms with Gasteiger partial charge in [-0.2, -0.15) is 0 Å². The van der Waals surface area contributed by atoms with Gasteiger partial charge in [0.15, 0.2) is 0 Å². The maximum Gasteiger partial charge on any atom is 0.243 e. The normalized spacial score (nSPS) is 17.6. The molecule has 1 atom stereocenters. The standard InChI is InChI=1S/C15H23N3O4S.ClH/c1-2-3-10-23(20,21)18-13-6-4-12(5-7-13)17-15(19)14-11-22-9-8-16-14;/h4-7,14,16,18H,2-3,8-11H2,1H3,(H,17,19);1H. The number of nitrogens with one attached hydrogen (secondary N) is 3. The molecule has 1 saturated heterocycles. The molecule has 3 N–H and O–H groups in total. The van der Waals surface area contributed by atoms with Crippen molar-refractivity contribution in [1.82, 2.24) is 5.32 Å². The molecule has 136 valence electrons. The van der Waals surface area contributed by atoms with Crippen molar-refractivity contribution in [3.05, 3.63) is 24.3 Å². The summed E-state index contributed by atoms with van der Waals surface area (Å²) in [5.41, 5.74) is 1.09. The van der Waals surface area contributed by atoms with Crippen LogP contribution in [0.15, 0.2) is 24.3 Å². The van der Waals surface area contributed by atoms with Crippen molar-refractivity contribution in [3.63, 3.8) is 0 Å². The van der Waals surface area contributed by atoms with Crippen LogP contribution in [0.25, 0.3) is 0 Å². The first-order valence-corrected chi connectivity index (χ1v) is 9.38. The number of unbranched alkanes of at least 4 members (excludes halogenated alkanes) is 1. The average molecular weight is 378 g/mol. The van der Waals surface area contributed by atoms with Crippen LogP contribution in [-0.4, -0.2) is 45.9 Å². The Morgan fingerprint density at radius 1 is 1.29 bits per heavy atom. The minimum atomic E-state index is -3.31. The smallest absolute Gasteiger partial charge is 0.243 e. The fourth-order valence-electron chi connectivity index (χ4n) is 2.15. The van der Waals surface area contributed by atoms with Crippen molar-refractivity contribution in [2.24, 2.45) is 0 Å². The highest BCUT2D eigenvalue weighted by molar-refractivity contribution is 7.92. The van der Waals surface area contributed by atoms with E-state index in [0.717, 1.165) is 6.42 Å². The third kappa shape index (κ3) is 6.64. The van der Waals surface area contributed by atoms with Gasteiger partial charge in [-0.3, -0.25) is 9.52 Å². The van der Waals surface area contributed by atoms with E-state index in [-0.39, 0.29) is 30.1 Å². The highest BCUT2D eigenvalue weighted by Gasteiger charge is 2.21. The van der Waals surface area contributed by atoms with Gasteiger partial charge in [0.1, 0.15) is 6.04 Å². The van der Waals surface area contributed by atoms with E-state index in [1.807, 2.05) is 6.92 Å². The summed E-state index contributed by atoms with van der Waals surface area (Å²) in [7, 11) is -3.31. The lowest BCUT2D eigenvalue weighted by Crippen LogP contribution is -2.48. The maximum atomic E-state index is 12.0. The highest BCUT2D eigenvalue weighted by Crippen LogP contribution is 2.15. The largest absolute Gasteiger partial charge is 0.378 e. The lowest BCUT2D eigenvalue weighted by atomic mass is 10.2. The second-order valence-electron chi connectivity index (χ2n) is 5.42. The van der Waals surface area contributed by atoms with Gasteiger partial charge in [0.2, 0.25) is 15.9 Å². The van der Waals surface area contributed by atoms with Crippen molar-refractivity contribution < 1.29 is 17.9 Å². The fourth-order valence-corrected chi connectivity index (χ4v) is 3.42. The number of amides is 1. The number of anilines is 2. The number of ether oxygens (including phenoxy) is 1. The van der Waals surface area contributed by atoms with Crippen molar-refractivity contribution in [2.45, 2.75) is 25.8 Å². The summed E-state index contributed by atoms with van der Waals surface area (Å²) in [6.07, 6.45) is 1.45. The second-order valence-corrected chi connectivity index (χ2v) is 7.26. The zero-order chi connectivity index (χ0) is 16.7. The van der Waals surface area contributed by atoms with Gasteiger partial charge in [-0.15, -0.1) is 12.4 Å². The average Bonchev–Trinajstić information content (AvgIpc) is 2.55. The van der Waals surface area contributed by atoms with Gasteiger partial charge in [-0.25, -0.2) is 8.42 Å². The van der Waals surface area contributed by atoms with E-state index < -0.39 is 10.0 Å². The maximum absolute atomic E-state index is 12.0. The molecule has 0 aromatic heterocycles. The molecule has 9 heteroatoms. The van der Waals surface area contributed by atoms with Gasteiger partial charge < -0.3 is 15.4 Å². The molecule has 0 saturated carbocycles. The van der Waals surface area contributed by atoms with Crippen LogP contribution in [0, 0.1) is 0 Å². The zero-order valence-corrected chi connectivity index (χ0v) is 15.2. The van der Waals surface area contributed by atoms with Crippen LogP contribution in [0.5, 0.6) is 0 Å². The van der Waals surface area contributed by atoms with Gasteiger partial charge in [0.25, 0.3) is 0 Å². The number of hydrogen-bond acceptors (Lipinski definition) is 5. The molecule has 0 bridgehead atoms. The van der Waals surface area contributed by atoms with Gasteiger partial charge in [0.05, 0.1) is 19.0 Å². The molecular weight excluding hydrogens is 354 g/mol. The molecule has 24 heavy (non-hydrogen) atoms. The van der Waals surface area contributed by atoms with E-state index in [1.54, 1.807) is 24.3 Å². The highest BCUT2D eigenvalue weighted by atomic mass is 35.5. The predicted molar refractivity (Wildman–Crippen MR) is 97.2 cm³/mol. The summed E-state index contributed by atoms with van der Waals surface area (Å²) in [6, 6.07) is 6.22. The predicted octanol–water partition coefficient (Wildman–Crippen LogP) is 1.58. The number of rotatable bonds is 7. The minimum Gasteiger partial charge on any atom is -0.378 e. The lowest BCUT2D eigenvalue weighted by Gasteiger charge is -2.22. The van der Waals surface area contributed by atoms with Crippen molar-refractivity contribution in [3.8, 4) is 0 Å². The van der Waals surface area contributed by atoms with Crippen LogP contribution >= 0.6 is 12.4 Å². The van der Waals surface area contributed by atoms with Gasteiger partial charge >= 0.3 is 0 Å². The van der Waals surface area contributed by atoms with Crippen LogP contribution in [-0.2, 0) is 19.6 Å². The number of carbonyl (C=O) groups is 1. The molecule has 1 aliphatic heterocycles. The van der Waals surface area contributed by atoms with E-state index in [4.69, 9.17) is 4.74 Å². The van der Waals surface area contributed by atoms with Crippen LogP contribution in [0.3, 0.4) is 0 Å². The Balaban J connectivity index is 0.00000288. The first-order valence-electron chi connectivity index (χ1n) is 7.73. The summed E-state index contributed by atoms with van der Waals surface area (Å²) in [5.74, 6) is -0.0593. The third-order valence-electron chi connectivity index (χ3n) is 3.43. The minimum absolute atomic E-state index is 0. The van der Waals surface area contributed by atoms with Gasteiger partial charge in [0, 0.05) is 17.9 Å². The fraction of sp³-hybridized carbons (Fsp3) is 0.533. The molecule has 1 unspecified atom stereocenters. The van der Waals surface area contributed by atoms with E-state index in [2.05, 4.69) is 15.4 Å². The summed E-state index contributed by atoms with van der Waals surface area (Å²) in [5, 5.41) is 5.85. The van der Waals surface area contributed by atoms with Crippen molar-refractivity contribution >= 4 is 39.7 Å². The second kappa shape index (κ2) is 9.83. The van der Waals surface area contributed by atoms with Crippen LogP contribution in [0.1, 0.15) is 19.8 Å². The molecule has 1 aliphatic rings. The molecule has 0 radical (unpaired) electrons. The summed E-state index contributed by atoms with van der Waals surface area (Å²) < 4.78 is 31.4. The summed E-state index contributed by atoms with van der Waals surface area (Å²) >= 11 is 0. The number of halogens is 1. The summed E-state index contributed by atoms with van der Waals surface area (Å²) in [6.45, 7) is 3.55. The zero-order valence-electron chi connectivity index (χ0n) is 13.6. The molecule has 1 fully saturated rings. The Kier molecular flexibility index (Phi) is 8.47. The van der Waals surface area contributed by atoms with Gasteiger partial charge in [-0.1, -0.05) is 13.3 Å². The Morgan fingerprint density at radius 2 is 1.96 bits per heavy atom. The number of sulfonamides is 1.